The Bertz CT molecular complexity index is 950. The number of aliphatic imine (C=N–C) groups is 1. The molecular weight excluding hydrogens is 529 g/mol. The first-order chi connectivity index (χ1) is 15.7. The standard InChI is InChI=1S/C25H33N5O2.HI/c1-4-26-25(28-18-23-29-24(30-32-23)19(3)31-5-2)27-17-22(21-14-10-7-11-15-21)16-20-12-8-6-9-13-20;/h6-15,19,22H,4-5,16-18H2,1-3H3,(H2,26,27,28);1H. The molecule has 2 N–H and O–H groups in total. The first-order valence-corrected chi connectivity index (χ1v) is 11.2. The van der Waals surface area contributed by atoms with E-state index in [1.807, 2.05) is 32.9 Å². The van der Waals surface area contributed by atoms with Gasteiger partial charge in [-0.3, -0.25) is 0 Å². The predicted octanol–water partition coefficient (Wildman–Crippen LogP) is 4.87. The molecule has 3 rings (SSSR count). The minimum absolute atomic E-state index is 0. The van der Waals surface area contributed by atoms with Gasteiger partial charge in [-0.25, -0.2) is 4.99 Å². The van der Waals surface area contributed by atoms with E-state index in [9.17, 15) is 0 Å². The molecule has 2 aromatic carbocycles. The molecule has 0 radical (unpaired) electrons. The van der Waals surface area contributed by atoms with Crippen molar-refractivity contribution >= 4 is 29.9 Å². The average molecular weight is 563 g/mol. The molecule has 2 unspecified atom stereocenters. The predicted molar refractivity (Wildman–Crippen MR) is 142 cm³/mol. The molecule has 33 heavy (non-hydrogen) atoms. The van der Waals surface area contributed by atoms with Gasteiger partial charge >= 0.3 is 0 Å². The van der Waals surface area contributed by atoms with E-state index < -0.39 is 0 Å². The molecule has 8 heteroatoms. The lowest BCUT2D eigenvalue weighted by atomic mass is 9.92. The number of nitrogens with one attached hydrogen (secondary N) is 2. The van der Waals surface area contributed by atoms with Crippen LogP contribution in [0.15, 0.2) is 70.2 Å². The zero-order chi connectivity index (χ0) is 22.6. The van der Waals surface area contributed by atoms with Crippen molar-refractivity contribution in [2.45, 2.75) is 45.8 Å². The molecule has 0 aliphatic heterocycles. The van der Waals surface area contributed by atoms with Crippen LogP contribution < -0.4 is 10.6 Å². The van der Waals surface area contributed by atoms with Crippen molar-refractivity contribution in [1.82, 2.24) is 20.8 Å². The summed E-state index contributed by atoms with van der Waals surface area (Å²) in [5.41, 5.74) is 2.61. The van der Waals surface area contributed by atoms with E-state index in [0.717, 1.165) is 25.5 Å². The number of aromatic nitrogens is 2. The molecule has 178 valence electrons. The van der Waals surface area contributed by atoms with Crippen molar-refractivity contribution in [2.75, 3.05) is 19.7 Å². The minimum atomic E-state index is -0.197. The SMILES string of the molecule is CCNC(=NCc1nc(C(C)OCC)no1)NCC(Cc1ccccc1)c1ccccc1.I. The molecule has 0 aliphatic rings. The summed E-state index contributed by atoms with van der Waals surface area (Å²) in [5, 5.41) is 10.8. The highest BCUT2D eigenvalue weighted by atomic mass is 127. The second-order valence-corrected chi connectivity index (χ2v) is 7.52. The van der Waals surface area contributed by atoms with Crippen LogP contribution in [0.25, 0.3) is 0 Å². The number of hydrogen-bond donors (Lipinski definition) is 2. The van der Waals surface area contributed by atoms with Crippen LogP contribution in [0.4, 0.5) is 0 Å². The highest BCUT2D eigenvalue weighted by molar-refractivity contribution is 14.0. The van der Waals surface area contributed by atoms with Crippen molar-refractivity contribution in [3.05, 3.63) is 83.5 Å². The second kappa shape index (κ2) is 14.6. The molecule has 7 nitrogen and oxygen atoms in total. The average Bonchev–Trinajstić information content (AvgIpc) is 3.30. The van der Waals surface area contributed by atoms with E-state index in [4.69, 9.17) is 9.26 Å². The molecule has 0 spiro atoms. The normalized spacial score (nSPS) is 13.1. The molecular formula is C25H34IN5O2. The Balaban J connectivity index is 0.00000385. The first-order valence-electron chi connectivity index (χ1n) is 11.2. The van der Waals surface area contributed by atoms with Crippen LogP contribution >= 0.6 is 24.0 Å². The summed E-state index contributed by atoms with van der Waals surface area (Å²) in [4.78, 5) is 9.03. The van der Waals surface area contributed by atoms with Crippen LogP contribution in [-0.2, 0) is 17.7 Å². The van der Waals surface area contributed by atoms with Crippen molar-refractivity contribution in [2.24, 2.45) is 4.99 Å². The highest BCUT2D eigenvalue weighted by Gasteiger charge is 2.15. The van der Waals surface area contributed by atoms with Crippen LogP contribution in [0.3, 0.4) is 0 Å². The van der Waals surface area contributed by atoms with Gasteiger partial charge in [0, 0.05) is 25.6 Å². The number of ether oxygens (including phenoxy) is 1. The van der Waals surface area contributed by atoms with Gasteiger partial charge in [-0.15, -0.1) is 24.0 Å². The fourth-order valence-corrected chi connectivity index (χ4v) is 3.46. The lowest BCUT2D eigenvalue weighted by Crippen LogP contribution is -2.39. The maximum absolute atomic E-state index is 5.52. The summed E-state index contributed by atoms with van der Waals surface area (Å²) in [7, 11) is 0. The topological polar surface area (TPSA) is 84.6 Å². The Morgan fingerprint density at radius 2 is 1.73 bits per heavy atom. The van der Waals surface area contributed by atoms with E-state index in [1.165, 1.54) is 11.1 Å². The Labute approximate surface area is 213 Å². The number of nitrogens with zero attached hydrogens (tertiary/aromatic N) is 3. The highest BCUT2D eigenvalue weighted by Crippen LogP contribution is 2.20. The second-order valence-electron chi connectivity index (χ2n) is 7.52. The Morgan fingerprint density at radius 1 is 1.03 bits per heavy atom. The van der Waals surface area contributed by atoms with Crippen LogP contribution in [0.1, 0.15) is 55.6 Å². The molecule has 3 aromatic rings. The van der Waals surface area contributed by atoms with Gasteiger partial charge in [-0.05, 0) is 38.3 Å². The van der Waals surface area contributed by atoms with Crippen molar-refractivity contribution < 1.29 is 9.26 Å². The Morgan fingerprint density at radius 3 is 2.39 bits per heavy atom. The van der Waals surface area contributed by atoms with Gasteiger partial charge in [0.15, 0.2) is 11.8 Å². The molecule has 0 amide bonds. The van der Waals surface area contributed by atoms with Crippen LogP contribution in [0.5, 0.6) is 0 Å². The van der Waals surface area contributed by atoms with E-state index in [0.29, 0.717) is 30.8 Å². The van der Waals surface area contributed by atoms with Gasteiger partial charge in [0.2, 0.25) is 5.89 Å². The number of rotatable bonds is 11. The number of guanidine groups is 1. The smallest absolute Gasteiger partial charge is 0.248 e. The van der Waals surface area contributed by atoms with Gasteiger partial charge < -0.3 is 19.9 Å². The summed E-state index contributed by atoms with van der Waals surface area (Å²) in [6.07, 6.45) is 0.747. The van der Waals surface area contributed by atoms with E-state index in [-0.39, 0.29) is 30.1 Å². The third-order valence-electron chi connectivity index (χ3n) is 5.09. The molecule has 0 fully saturated rings. The van der Waals surface area contributed by atoms with Crippen LogP contribution in [-0.4, -0.2) is 35.8 Å². The Hall–Kier alpha value is -2.46. The summed E-state index contributed by atoms with van der Waals surface area (Å²) in [5.74, 6) is 2.04. The van der Waals surface area contributed by atoms with Gasteiger partial charge in [0.25, 0.3) is 0 Å². The van der Waals surface area contributed by atoms with Gasteiger partial charge in [0.1, 0.15) is 12.6 Å². The van der Waals surface area contributed by atoms with Crippen molar-refractivity contribution in [3.8, 4) is 0 Å². The van der Waals surface area contributed by atoms with Crippen molar-refractivity contribution in [1.29, 1.82) is 0 Å². The molecule has 2 atom stereocenters. The molecule has 0 aliphatic carbocycles. The van der Waals surface area contributed by atoms with E-state index >= 15 is 0 Å². The van der Waals surface area contributed by atoms with E-state index in [2.05, 4.69) is 74.3 Å². The third kappa shape index (κ3) is 8.77. The van der Waals surface area contributed by atoms with Gasteiger partial charge in [0.05, 0.1) is 0 Å². The third-order valence-corrected chi connectivity index (χ3v) is 5.09. The molecule has 0 saturated carbocycles. The first kappa shape index (κ1) is 26.8. The van der Waals surface area contributed by atoms with Crippen LogP contribution in [0.2, 0.25) is 0 Å². The molecule has 0 saturated heterocycles. The summed E-state index contributed by atoms with van der Waals surface area (Å²) in [6.45, 7) is 8.31. The van der Waals surface area contributed by atoms with Crippen LogP contribution in [0, 0.1) is 0 Å². The lowest BCUT2D eigenvalue weighted by molar-refractivity contribution is 0.0683. The number of benzene rings is 2. The summed E-state index contributed by atoms with van der Waals surface area (Å²) >= 11 is 0. The maximum atomic E-state index is 5.52. The van der Waals surface area contributed by atoms with Crippen molar-refractivity contribution in [3.63, 3.8) is 0 Å². The minimum Gasteiger partial charge on any atom is -0.371 e. The summed E-state index contributed by atoms with van der Waals surface area (Å²) < 4.78 is 10.8. The van der Waals surface area contributed by atoms with Gasteiger partial charge in [-0.1, -0.05) is 65.8 Å². The lowest BCUT2D eigenvalue weighted by Gasteiger charge is -2.20. The molecule has 1 heterocycles. The molecule has 1 aromatic heterocycles. The molecule has 0 bridgehead atoms. The Kier molecular flexibility index (Phi) is 11.9. The maximum Gasteiger partial charge on any atom is 0.248 e. The fraction of sp³-hybridized carbons (Fsp3) is 0.400. The zero-order valence-corrected chi connectivity index (χ0v) is 21.9. The quantitative estimate of drug-likeness (QED) is 0.197. The number of hydrogen-bond acceptors (Lipinski definition) is 5. The summed E-state index contributed by atoms with van der Waals surface area (Å²) in [6, 6.07) is 21.1. The number of halogens is 1. The largest absolute Gasteiger partial charge is 0.371 e. The fourth-order valence-electron chi connectivity index (χ4n) is 3.46. The zero-order valence-electron chi connectivity index (χ0n) is 19.5. The monoisotopic (exact) mass is 563 g/mol. The van der Waals surface area contributed by atoms with Gasteiger partial charge in [-0.2, -0.15) is 4.98 Å². The van der Waals surface area contributed by atoms with E-state index in [1.54, 1.807) is 0 Å².